The summed E-state index contributed by atoms with van der Waals surface area (Å²) in [5.74, 6) is -1.15. The van der Waals surface area contributed by atoms with Crippen LogP contribution in [0.3, 0.4) is 0 Å². The van der Waals surface area contributed by atoms with Crippen molar-refractivity contribution >= 4 is 35.1 Å². The number of benzene rings is 4. The molecule has 1 aliphatic carbocycles. The van der Waals surface area contributed by atoms with Gasteiger partial charge in [0.2, 0.25) is 17.7 Å². The molecule has 0 radical (unpaired) electrons. The molecule has 1 fully saturated rings. The molecule has 12 nitrogen and oxygen atoms in total. The van der Waals surface area contributed by atoms with E-state index >= 15 is 0 Å². The van der Waals surface area contributed by atoms with Gasteiger partial charge in [-0.2, -0.15) is 0 Å². The van der Waals surface area contributed by atoms with Crippen molar-refractivity contribution in [1.82, 2.24) is 29.6 Å². The Morgan fingerprint density at radius 3 is 2.29 bits per heavy atom. The van der Waals surface area contributed by atoms with E-state index in [1.165, 1.54) is 4.90 Å². The van der Waals surface area contributed by atoms with Gasteiger partial charge in [0.25, 0.3) is 0 Å². The fraction of sp³-hybridized carbons (Fsp3) is 0.404. The number of imidazole rings is 1. The number of aromatic nitrogens is 2. The Hall–Kier alpha value is -5.82. The number of nitrogens with zero attached hydrogens (tertiary/aromatic N) is 5. The van der Waals surface area contributed by atoms with E-state index in [0.29, 0.717) is 35.9 Å². The molecule has 0 bridgehead atoms. The summed E-state index contributed by atoms with van der Waals surface area (Å²) in [7, 11) is 9.39. The number of aryl methyl sites for hydroxylation is 2. The number of amides is 3. The number of ether oxygens (including phenoxy) is 1. The first kappa shape index (κ1) is 47.2. The van der Waals surface area contributed by atoms with Crippen LogP contribution in [0, 0.1) is 11.8 Å². The standard InChI is InChI=1S/C52H61ClN6O6/c1-7-33-12-15-37(48(25-33)65-41-21-16-36(17-22-41)46-29-54-49(59(46)6)31-56(2)3)26-38-27-50(62)55-45(32-60)52(64)58(5)40(24-34-13-19-39(53)20-14-34)30-57(4)51(63)44(28-47(38)61)43-23-18-35-10-8-9-11-42(35)43/h8-17,19-22,25,29,38,40,43-45,60H,7,18,23-24,26-28,30-32H2,1-6H3,(H,55,62)/t38?,40-,43-,44+,45-/m1/s1. The van der Waals surface area contributed by atoms with Crippen LogP contribution >= 0.6 is 11.6 Å². The van der Waals surface area contributed by atoms with Gasteiger partial charge in [-0.3, -0.25) is 19.2 Å². The fourth-order valence-electron chi connectivity index (χ4n) is 9.40. The number of rotatable bonds is 12. The summed E-state index contributed by atoms with van der Waals surface area (Å²) in [6.45, 7) is 2.28. The molecular weight excluding hydrogens is 840 g/mol. The number of aliphatic hydroxyl groups excluding tert-OH is 1. The van der Waals surface area contributed by atoms with Crippen LogP contribution in [0.4, 0.5) is 0 Å². The zero-order chi connectivity index (χ0) is 46.4. The van der Waals surface area contributed by atoms with E-state index < -0.39 is 42.3 Å². The minimum atomic E-state index is -1.26. The first-order chi connectivity index (χ1) is 31.2. The van der Waals surface area contributed by atoms with Gasteiger partial charge in [0.05, 0.1) is 37.0 Å². The van der Waals surface area contributed by atoms with Crippen LogP contribution in [0.2, 0.25) is 5.02 Å². The maximum Gasteiger partial charge on any atom is 0.247 e. The van der Waals surface area contributed by atoms with Crippen LogP contribution in [-0.2, 0) is 58.5 Å². The smallest absolute Gasteiger partial charge is 0.247 e. The van der Waals surface area contributed by atoms with E-state index in [1.807, 2.05) is 94.1 Å². The second-order valence-electron chi connectivity index (χ2n) is 18.0. The van der Waals surface area contributed by atoms with Gasteiger partial charge in [-0.25, -0.2) is 4.98 Å². The Morgan fingerprint density at radius 2 is 1.58 bits per heavy atom. The van der Waals surface area contributed by atoms with Crippen molar-refractivity contribution < 1.29 is 29.0 Å². The van der Waals surface area contributed by atoms with E-state index in [9.17, 15) is 24.3 Å². The van der Waals surface area contributed by atoms with Crippen LogP contribution in [0.5, 0.6) is 11.5 Å². The molecule has 2 aliphatic rings. The largest absolute Gasteiger partial charge is 0.457 e. The summed E-state index contributed by atoms with van der Waals surface area (Å²) < 4.78 is 8.68. The van der Waals surface area contributed by atoms with Crippen LogP contribution in [0.25, 0.3) is 11.3 Å². The van der Waals surface area contributed by atoms with E-state index in [0.717, 1.165) is 57.7 Å². The van der Waals surface area contributed by atoms with Crippen molar-refractivity contribution in [3.63, 3.8) is 0 Å². The topological polar surface area (TPSA) is 137 Å². The average Bonchev–Trinajstić information content (AvgIpc) is 3.89. The molecule has 0 spiro atoms. The molecule has 2 heterocycles. The van der Waals surface area contributed by atoms with Crippen molar-refractivity contribution in [2.24, 2.45) is 18.9 Å². The van der Waals surface area contributed by atoms with Gasteiger partial charge < -0.3 is 34.4 Å². The van der Waals surface area contributed by atoms with Gasteiger partial charge in [0.1, 0.15) is 29.1 Å². The molecule has 5 aromatic rings. The lowest BCUT2D eigenvalue weighted by Gasteiger charge is -2.36. The Bertz CT molecular complexity index is 2490. The molecule has 1 unspecified atom stereocenters. The number of carbonyl (C=O) groups excluding carboxylic acids is 4. The van der Waals surface area contributed by atoms with Crippen LogP contribution in [0.15, 0.2) is 97.2 Å². The molecule has 4 aromatic carbocycles. The normalized spacial score (nSPS) is 21.1. The van der Waals surface area contributed by atoms with Crippen molar-refractivity contribution in [2.75, 3.05) is 41.3 Å². The molecule has 65 heavy (non-hydrogen) atoms. The number of fused-ring (bicyclic) bond motifs is 1. The number of likely N-dealkylation sites (N-methyl/N-ethyl adjacent to an activating group) is 2. The zero-order valence-electron chi connectivity index (χ0n) is 38.3. The minimum Gasteiger partial charge on any atom is -0.457 e. The van der Waals surface area contributed by atoms with Crippen molar-refractivity contribution in [3.05, 3.63) is 136 Å². The maximum absolute atomic E-state index is 15.0. The van der Waals surface area contributed by atoms with Gasteiger partial charge in [-0.1, -0.05) is 67.1 Å². The highest BCUT2D eigenvalue weighted by Gasteiger charge is 2.40. The highest BCUT2D eigenvalue weighted by molar-refractivity contribution is 6.30. The Kier molecular flexibility index (Phi) is 15.2. The predicted molar refractivity (Wildman–Crippen MR) is 253 cm³/mol. The maximum atomic E-state index is 15.0. The summed E-state index contributed by atoms with van der Waals surface area (Å²) in [4.78, 5) is 68.0. The SMILES string of the molecule is CCc1ccc(CC2CC(=O)N[C@H](CO)C(=O)N(C)[C@H](Cc3ccc(Cl)cc3)CN(C)C(=O)[C@H]([C@@H]3CCc4ccccc43)CC2=O)c(Oc2ccc(-c3cnc(CN(C)C)n3C)cc2)c1. The minimum absolute atomic E-state index is 0.0743. The summed E-state index contributed by atoms with van der Waals surface area (Å²) in [5, 5.41) is 13.9. The highest BCUT2D eigenvalue weighted by atomic mass is 35.5. The van der Waals surface area contributed by atoms with Gasteiger partial charge in [0.15, 0.2) is 0 Å². The van der Waals surface area contributed by atoms with Crippen LogP contribution in [0.1, 0.15) is 65.7 Å². The fourth-order valence-corrected chi connectivity index (χ4v) is 9.53. The summed E-state index contributed by atoms with van der Waals surface area (Å²) in [6, 6.07) is 27.3. The molecule has 7 rings (SSSR count). The van der Waals surface area contributed by atoms with Crippen molar-refractivity contribution in [3.8, 4) is 22.8 Å². The summed E-state index contributed by atoms with van der Waals surface area (Å²) in [6.07, 6.45) is 4.31. The lowest BCUT2D eigenvalue weighted by molar-refractivity contribution is -0.143. The molecule has 5 atom stereocenters. The second-order valence-corrected chi connectivity index (χ2v) is 18.4. The Morgan fingerprint density at radius 1 is 0.862 bits per heavy atom. The third-order valence-corrected chi connectivity index (χ3v) is 13.4. The Balaban J connectivity index is 1.21. The number of carbonyl (C=O) groups is 4. The molecule has 13 heteroatoms. The number of ketones is 1. The third kappa shape index (κ3) is 11.2. The van der Waals surface area contributed by atoms with E-state index in [4.69, 9.17) is 16.3 Å². The molecule has 3 amide bonds. The highest BCUT2D eigenvalue weighted by Crippen LogP contribution is 2.42. The average molecular weight is 902 g/mol. The number of Topliss-reactive ketones (excluding diaryl/α,β-unsaturated/α-hetero) is 1. The molecule has 342 valence electrons. The van der Waals surface area contributed by atoms with Crippen molar-refractivity contribution in [1.29, 1.82) is 0 Å². The molecule has 2 N–H and O–H groups in total. The summed E-state index contributed by atoms with van der Waals surface area (Å²) in [5.41, 5.74) is 6.85. The Labute approximate surface area is 387 Å². The molecule has 1 aromatic heterocycles. The van der Waals surface area contributed by atoms with Crippen LogP contribution < -0.4 is 10.1 Å². The predicted octanol–water partition coefficient (Wildman–Crippen LogP) is 7.03. The summed E-state index contributed by atoms with van der Waals surface area (Å²) >= 11 is 6.20. The van der Waals surface area contributed by atoms with Crippen LogP contribution in [-0.4, -0.2) is 106 Å². The monoisotopic (exact) mass is 900 g/mol. The molecular formula is C52H61ClN6O6. The van der Waals surface area contributed by atoms with Gasteiger partial charge in [0, 0.05) is 57.0 Å². The lowest BCUT2D eigenvalue weighted by Crippen LogP contribution is -2.55. The first-order valence-electron chi connectivity index (χ1n) is 22.5. The number of nitrogens with one attached hydrogen (secondary N) is 1. The van der Waals surface area contributed by atoms with Gasteiger partial charge in [-0.15, -0.1) is 0 Å². The number of halogens is 1. The molecule has 0 saturated carbocycles. The number of hydrogen-bond acceptors (Lipinski definition) is 8. The van der Waals surface area contributed by atoms with Gasteiger partial charge >= 0.3 is 0 Å². The lowest BCUT2D eigenvalue weighted by atomic mass is 9.79. The first-order valence-corrected chi connectivity index (χ1v) is 22.9. The number of aliphatic hydroxyl groups is 1. The van der Waals surface area contributed by atoms with Gasteiger partial charge in [-0.05, 0) is 122 Å². The third-order valence-electron chi connectivity index (χ3n) is 13.2. The molecule has 1 saturated heterocycles. The molecule has 1 aliphatic heterocycles. The quantitative estimate of drug-likeness (QED) is 0.136. The second kappa shape index (κ2) is 21.0. The van der Waals surface area contributed by atoms with E-state index in [2.05, 4.69) is 38.8 Å². The van der Waals surface area contributed by atoms with E-state index in [1.54, 1.807) is 31.1 Å². The number of hydrogen-bond donors (Lipinski definition) is 2. The van der Waals surface area contributed by atoms with Crippen molar-refractivity contribution in [2.45, 2.75) is 76.4 Å². The zero-order valence-corrected chi connectivity index (χ0v) is 39.1. The van der Waals surface area contributed by atoms with E-state index in [-0.39, 0.29) is 43.4 Å².